The van der Waals surface area contributed by atoms with Crippen molar-refractivity contribution in [2.75, 3.05) is 33.1 Å². The zero-order valence-corrected chi connectivity index (χ0v) is 16.0. The maximum atomic E-state index is 12.2. The maximum absolute atomic E-state index is 12.2. The van der Waals surface area contributed by atoms with Gasteiger partial charge in [-0.05, 0) is 35.9 Å². The molecule has 0 atom stereocenters. The molecule has 8 heteroatoms. The van der Waals surface area contributed by atoms with Crippen LogP contribution in [0.3, 0.4) is 0 Å². The molecule has 0 radical (unpaired) electrons. The Hall–Kier alpha value is -2.71. The van der Waals surface area contributed by atoms with Gasteiger partial charge in [-0.3, -0.25) is 4.79 Å². The van der Waals surface area contributed by atoms with Crippen LogP contribution in [0.4, 0.5) is 5.69 Å². The lowest BCUT2D eigenvalue weighted by Crippen LogP contribution is -2.23. The molecular formula is C18H22N4O3S. The smallest absolute Gasteiger partial charge is 0.271 e. The van der Waals surface area contributed by atoms with Gasteiger partial charge in [0.1, 0.15) is 0 Å². The van der Waals surface area contributed by atoms with E-state index in [1.54, 1.807) is 0 Å². The van der Waals surface area contributed by atoms with E-state index in [0.29, 0.717) is 0 Å². The fourth-order valence-electron chi connectivity index (χ4n) is 2.10. The second kappa shape index (κ2) is 8.11. The molecule has 0 saturated heterocycles. The Morgan fingerprint density at radius 2 is 1.69 bits per heavy atom. The molecule has 1 N–H and O–H groups in total. The summed E-state index contributed by atoms with van der Waals surface area (Å²) in [7, 11) is 3.18. The van der Waals surface area contributed by atoms with Crippen molar-refractivity contribution in [1.82, 2.24) is 9.73 Å². The van der Waals surface area contributed by atoms with E-state index in [9.17, 15) is 13.2 Å². The quantitative estimate of drug-likeness (QED) is 0.617. The standard InChI is InChI=1S/C18H22N4O3S/c1-21(2)16-10-8-14(9-11-16)13-19-20-18(23)15-6-5-7-17(12-15)26(24,25)22(3)4/h5-13H,1-4H3,(H,20,23)/b19-13-. The first-order chi connectivity index (χ1) is 12.2. The molecule has 7 nitrogen and oxygen atoms in total. The first kappa shape index (κ1) is 19.6. The number of hydrazone groups is 1. The van der Waals surface area contributed by atoms with Crippen molar-refractivity contribution in [3.8, 4) is 0 Å². The van der Waals surface area contributed by atoms with E-state index >= 15 is 0 Å². The molecule has 0 bridgehead atoms. The van der Waals surface area contributed by atoms with Crippen LogP contribution in [-0.2, 0) is 10.0 Å². The third-order valence-electron chi connectivity index (χ3n) is 3.66. The molecule has 0 aromatic heterocycles. The minimum Gasteiger partial charge on any atom is -0.378 e. The fraction of sp³-hybridized carbons (Fsp3) is 0.222. The summed E-state index contributed by atoms with van der Waals surface area (Å²) < 4.78 is 25.4. The highest BCUT2D eigenvalue weighted by molar-refractivity contribution is 7.89. The molecule has 0 spiro atoms. The number of carbonyl (C=O) groups is 1. The van der Waals surface area contributed by atoms with Crippen LogP contribution in [0.2, 0.25) is 0 Å². The van der Waals surface area contributed by atoms with Gasteiger partial charge in [0.2, 0.25) is 10.0 Å². The van der Waals surface area contributed by atoms with Crippen LogP contribution < -0.4 is 10.3 Å². The predicted molar refractivity (Wildman–Crippen MR) is 103 cm³/mol. The topological polar surface area (TPSA) is 82.1 Å². The van der Waals surface area contributed by atoms with E-state index in [1.807, 2.05) is 43.3 Å². The number of benzene rings is 2. The number of nitrogens with one attached hydrogen (secondary N) is 1. The lowest BCUT2D eigenvalue weighted by Gasteiger charge is -2.12. The summed E-state index contributed by atoms with van der Waals surface area (Å²) in [6.07, 6.45) is 1.53. The summed E-state index contributed by atoms with van der Waals surface area (Å²) in [4.78, 5) is 14.2. The number of amides is 1. The van der Waals surface area contributed by atoms with E-state index < -0.39 is 15.9 Å². The Labute approximate surface area is 154 Å². The molecule has 2 aromatic rings. The first-order valence-electron chi connectivity index (χ1n) is 7.85. The normalized spacial score (nSPS) is 11.7. The minimum atomic E-state index is -3.60. The van der Waals surface area contributed by atoms with E-state index in [-0.39, 0.29) is 10.5 Å². The average Bonchev–Trinajstić information content (AvgIpc) is 2.62. The van der Waals surface area contributed by atoms with Gasteiger partial charge in [0.25, 0.3) is 5.91 Å². The van der Waals surface area contributed by atoms with E-state index in [2.05, 4.69) is 10.5 Å². The van der Waals surface area contributed by atoms with Crippen LogP contribution >= 0.6 is 0 Å². The SMILES string of the molecule is CN(C)c1ccc(/C=N\NC(=O)c2cccc(S(=O)(=O)N(C)C)c2)cc1. The van der Waals surface area contributed by atoms with Gasteiger partial charge in [-0.15, -0.1) is 0 Å². The van der Waals surface area contributed by atoms with E-state index in [4.69, 9.17) is 0 Å². The first-order valence-corrected chi connectivity index (χ1v) is 9.29. The highest BCUT2D eigenvalue weighted by Crippen LogP contribution is 2.15. The van der Waals surface area contributed by atoms with Crippen LogP contribution in [0.25, 0.3) is 0 Å². The molecule has 0 aliphatic carbocycles. The molecule has 26 heavy (non-hydrogen) atoms. The van der Waals surface area contributed by atoms with E-state index in [1.165, 1.54) is 44.6 Å². The molecule has 138 valence electrons. The average molecular weight is 374 g/mol. The summed E-state index contributed by atoms with van der Waals surface area (Å²) in [6.45, 7) is 0. The van der Waals surface area contributed by atoms with Crippen LogP contribution in [0.15, 0.2) is 58.5 Å². The van der Waals surface area contributed by atoms with Gasteiger partial charge in [0.15, 0.2) is 0 Å². The molecule has 0 aliphatic heterocycles. The van der Waals surface area contributed by atoms with Crippen molar-refractivity contribution >= 4 is 27.8 Å². The number of rotatable bonds is 6. The van der Waals surface area contributed by atoms with Crippen molar-refractivity contribution < 1.29 is 13.2 Å². The summed E-state index contributed by atoms with van der Waals surface area (Å²) in [5.41, 5.74) is 4.51. The molecular weight excluding hydrogens is 352 g/mol. The number of hydrogen-bond acceptors (Lipinski definition) is 5. The van der Waals surface area contributed by atoms with Gasteiger partial charge < -0.3 is 4.90 Å². The molecule has 2 aromatic carbocycles. The number of carbonyl (C=O) groups excluding carboxylic acids is 1. The van der Waals surface area contributed by atoms with Crippen LogP contribution in [-0.4, -0.2) is 53.0 Å². The minimum absolute atomic E-state index is 0.0541. The summed E-state index contributed by atoms with van der Waals surface area (Å²) in [6, 6.07) is 13.5. The van der Waals surface area contributed by atoms with Gasteiger partial charge in [-0.1, -0.05) is 18.2 Å². The number of nitrogens with zero attached hydrogens (tertiary/aromatic N) is 3. The van der Waals surface area contributed by atoms with Crippen LogP contribution in [0.1, 0.15) is 15.9 Å². The molecule has 0 fully saturated rings. The lowest BCUT2D eigenvalue weighted by molar-refractivity contribution is 0.0955. The molecule has 0 heterocycles. The summed E-state index contributed by atoms with van der Waals surface area (Å²) >= 11 is 0. The van der Waals surface area contributed by atoms with Crippen molar-refractivity contribution in [2.45, 2.75) is 4.90 Å². The number of hydrogen-bond donors (Lipinski definition) is 1. The largest absolute Gasteiger partial charge is 0.378 e. The molecule has 0 saturated carbocycles. The number of sulfonamides is 1. The monoisotopic (exact) mass is 374 g/mol. The van der Waals surface area contributed by atoms with Gasteiger partial charge in [-0.25, -0.2) is 18.1 Å². The van der Waals surface area contributed by atoms with Crippen molar-refractivity contribution in [1.29, 1.82) is 0 Å². The van der Waals surface area contributed by atoms with Gasteiger partial charge in [0.05, 0.1) is 11.1 Å². The Morgan fingerprint density at radius 1 is 1.04 bits per heavy atom. The third-order valence-corrected chi connectivity index (χ3v) is 5.48. The Morgan fingerprint density at radius 3 is 2.27 bits per heavy atom. The second-order valence-corrected chi connectivity index (χ2v) is 8.15. The van der Waals surface area contributed by atoms with Crippen molar-refractivity contribution in [2.24, 2.45) is 5.10 Å². The molecule has 0 aliphatic rings. The maximum Gasteiger partial charge on any atom is 0.271 e. The zero-order valence-electron chi connectivity index (χ0n) is 15.2. The Bertz CT molecular complexity index is 904. The van der Waals surface area contributed by atoms with Crippen LogP contribution in [0.5, 0.6) is 0 Å². The summed E-state index contributed by atoms with van der Waals surface area (Å²) in [5.74, 6) is -0.484. The Kier molecular flexibility index (Phi) is 6.12. The molecule has 0 unspecified atom stereocenters. The highest BCUT2D eigenvalue weighted by atomic mass is 32.2. The van der Waals surface area contributed by atoms with Gasteiger partial charge >= 0.3 is 0 Å². The highest BCUT2D eigenvalue weighted by Gasteiger charge is 2.18. The van der Waals surface area contributed by atoms with E-state index in [0.717, 1.165) is 15.6 Å². The second-order valence-electron chi connectivity index (χ2n) is 6.00. The van der Waals surface area contributed by atoms with Gasteiger partial charge in [0, 0.05) is 39.4 Å². The zero-order chi connectivity index (χ0) is 19.3. The molecule has 2 rings (SSSR count). The third kappa shape index (κ3) is 4.68. The number of anilines is 1. The summed E-state index contributed by atoms with van der Waals surface area (Å²) in [5, 5.41) is 3.92. The van der Waals surface area contributed by atoms with Crippen molar-refractivity contribution in [3.05, 3.63) is 59.7 Å². The van der Waals surface area contributed by atoms with Gasteiger partial charge in [-0.2, -0.15) is 5.10 Å². The van der Waals surface area contributed by atoms with Crippen LogP contribution in [0, 0.1) is 0 Å². The fourth-order valence-corrected chi connectivity index (χ4v) is 3.05. The van der Waals surface area contributed by atoms with Crippen molar-refractivity contribution in [3.63, 3.8) is 0 Å². The Balaban J connectivity index is 2.08. The lowest BCUT2D eigenvalue weighted by atomic mass is 10.2. The predicted octanol–water partition coefficient (Wildman–Crippen LogP) is 1.77. The molecule has 1 amide bonds.